The SMILES string of the molecule is Cc1ccc2c(oc3c(-c4ccc5c(c4)CCCN5C)c(C#N)ccc32)c1-c1cccc[n+]1C. The number of aryl methyl sites for hydroxylation is 3. The van der Waals surface area contributed by atoms with Crippen molar-refractivity contribution in [3.8, 4) is 28.5 Å². The average Bonchev–Trinajstić information content (AvgIpc) is 3.22. The van der Waals surface area contributed by atoms with E-state index in [1.165, 1.54) is 11.3 Å². The monoisotopic (exact) mass is 444 g/mol. The standard InChI is InChI=1S/C30H26N3O/c1-19-9-12-23-24-13-10-22(18-31)28(21-11-14-25-20(17-21)7-6-16-32(25)2)30(24)34-29(23)27(19)26-8-4-5-15-33(26)3/h4-5,8-15,17H,6-7,16H2,1-3H3/q+1. The number of nitrogens with zero attached hydrogens (tertiary/aromatic N) is 3. The molecule has 166 valence electrons. The van der Waals surface area contributed by atoms with Crippen LogP contribution in [-0.2, 0) is 13.5 Å². The highest BCUT2D eigenvalue weighted by molar-refractivity contribution is 6.14. The second kappa shape index (κ2) is 7.74. The number of benzene rings is 3. The van der Waals surface area contributed by atoms with Gasteiger partial charge in [-0.1, -0.05) is 18.2 Å². The zero-order valence-electron chi connectivity index (χ0n) is 19.7. The molecule has 0 bridgehead atoms. The van der Waals surface area contributed by atoms with Gasteiger partial charge in [-0.15, -0.1) is 0 Å². The topological polar surface area (TPSA) is 44.1 Å². The Morgan fingerprint density at radius 3 is 2.56 bits per heavy atom. The van der Waals surface area contributed by atoms with Gasteiger partial charge >= 0.3 is 0 Å². The molecule has 1 aliphatic rings. The van der Waals surface area contributed by atoms with Crippen molar-refractivity contribution in [1.82, 2.24) is 0 Å². The van der Waals surface area contributed by atoms with Gasteiger partial charge in [-0.2, -0.15) is 5.26 Å². The maximum Gasteiger partial charge on any atom is 0.216 e. The van der Waals surface area contributed by atoms with E-state index in [1.807, 2.05) is 18.2 Å². The number of aromatic nitrogens is 1. The number of anilines is 1. The first-order valence-electron chi connectivity index (χ1n) is 11.7. The lowest BCUT2D eigenvalue weighted by Crippen LogP contribution is -2.30. The van der Waals surface area contributed by atoms with E-state index in [1.54, 1.807) is 0 Å². The normalized spacial score (nSPS) is 13.3. The highest BCUT2D eigenvalue weighted by Crippen LogP contribution is 2.42. The molecule has 5 aromatic rings. The van der Waals surface area contributed by atoms with E-state index < -0.39 is 0 Å². The van der Waals surface area contributed by atoms with E-state index >= 15 is 0 Å². The molecule has 1 aliphatic heterocycles. The number of furan rings is 1. The maximum absolute atomic E-state index is 10.0. The Morgan fingerprint density at radius 2 is 1.76 bits per heavy atom. The molecule has 6 rings (SSSR count). The fraction of sp³-hybridized carbons (Fsp3) is 0.200. The summed E-state index contributed by atoms with van der Waals surface area (Å²) in [5.74, 6) is 0. The molecule has 2 aromatic heterocycles. The molecule has 0 fully saturated rings. The molecule has 0 atom stereocenters. The van der Waals surface area contributed by atoms with E-state index in [9.17, 15) is 5.26 Å². The van der Waals surface area contributed by atoms with Gasteiger partial charge in [0.05, 0.1) is 17.2 Å². The second-order valence-corrected chi connectivity index (χ2v) is 9.28. The van der Waals surface area contributed by atoms with Crippen molar-refractivity contribution in [3.05, 3.63) is 83.6 Å². The van der Waals surface area contributed by atoms with Crippen LogP contribution in [0.25, 0.3) is 44.3 Å². The van der Waals surface area contributed by atoms with Crippen LogP contribution < -0.4 is 9.47 Å². The summed E-state index contributed by atoms with van der Waals surface area (Å²) in [7, 11) is 4.20. The van der Waals surface area contributed by atoms with Crippen LogP contribution in [0.4, 0.5) is 5.69 Å². The zero-order valence-corrected chi connectivity index (χ0v) is 19.7. The van der Waals surface area contributed by atoms with Gasteiger partial charge in [0.2, 0.25) is 5.69 Å². The molecule has 0 unspecified atom stereocenters. The number of pyridine rings is 1. The van der Waals surface area contributed by atoms with Crippen LogP contribution in [0.2, 0.25) is 0 Å². The van der Waals surface area contributed by atoms with Crippen LogP contribution in [0, 0.1) is 18.3 Å². The van der Waals surface area contributed by atoms with Crippen molar-refractivity contribution < 1.29 is 8.98 Å². The van der Waals surface area contributed by atoms with E-state index in [0.29, 0.717) is 5.56 Å². The molecule has 0 amide bonds. The Balaban J connectivity index is 1.67. The number of nitriles is 1. The lowest BCUT2D eigenvalue weighted by molar-refractivity contribution is -0.660. The first kappa shape index (κ1) is 20.5. The van der Waals surface area contributed by atoms with Crippen molar-refractivity contribution in [2.45, 2.75) is 19.8 Å². The van der Waals surface area contributed by atoms with Crippen LogP contribution in [0.5, 0.6) is 0 Å². The van der Waals surface area contributed by atoms with Crippen LogP contribution in [0.15, 0.2) is 71.3 Å². The molecule has 0 saturated carbocycles. The predicted molar refractivity (Wildman–Crippen MR) is 137 cm³/mol. The first-order chi connectivity index (χ1) is 16.6. The van der Waals surface area contributed by atoms with Gasteiger partial charge in [-0.25, -0.2) is 4.57 Å². The van der Waals surface area contributed by atoms with Crippen molar-refractivity contribution in [2.24, 2.45) is 7.05 Å². The molecular formula is C30H26N3O+. The highest BCUT2D eigenvalue weighted by atomic mass is 16.3. The van der Waals surface area contributed by atoms with Gasteiger partial charge in [0.15, 0.2) is 6.20 Å². The minimum absolute atomic E-state index is 0.638. The number of hydrogen-bond acceptors (Lipinski definition) is 3. The Labute approximate surface area is 199 Å². The van der Waals surface area contributed by atoms with E-state index in [2.05, 4.69) is 85.2 Å². The molecule has 0 N–H and O–H groups in total. The maximum atomic E-state index is 10.0. The molecular weight excluding hydrogens is 418 g/mol. The lowest BCUT2D eigenvalue weighted by Gasteiger charge is -2.28. The number of hydrogen-bond donors (Lipinski definition) is 0. The quantitative estimate of drug-likeness (QED) is 0.300. The van der Waals surface area contributed by atoms with Gasteiger partial charge in [-0.3, -0.25) is 0 Å². The fourth-order valence-electron chi connectivity index (χ4n) is 5.42. The van der Waals surface area contributed by atoms with Gasteiger partial charge in [0.1, 0.15) is 18.2 Å². The number of fused-ring (bicyclic) bond motifs is 4. The number of rotatable bonds is 2. The molecule has 3 aromatic carbocycles. The van der Waals surface area contributed by atoms with Crippen LogP contribution >= 0.6 is 0 Å². The summed E-state index contributed by atoms with van der Waals surface area (Å²) in [5, 5.41) is 12.1. The van der Waals surface area contributed by atoms with E-state index in [4.69, 9.17) is 4.42 Å². The van der Waals surface area contributed by atoms with Crippen LogP contribution in [-0.4, -0.2) is 13.6 Å². The van der Waals surface area contributed by atoms with Gasteiger partial charge < -0.3 is 9.32 Å². The molecule has 34 heavy (non-hydrogen) atoms. The lowest BCUT2D eigenvalue weighted by atomic mass is 9.92. The third-order valence-electron chi connectivity index (χ3n) is 7.17. The molecule has 4 nitrogen and oxygen atoms in total. The van der Waals surface area contributed by atoms with Gasteiger partial charge in [-0.05, 0) is 66.8 Å². The van der Waals surface area contributed by atoms with Gasteiger partial charge in [0.25, 0.3) is 0 Å². The summed E-state index contributed by atoms with van der Waals surface area (Å²) in [6.07, 6.45) is 4.25. The molecule has 0 spiro atoms. The second-order valence-electron chi connectivity index (χ2n) is 9.28. The zero-order chi connectivity index (χ0) is 23.4. The predicted octanol–water partition coefficient (Wildman–Crippen LogP) is 6.31. The summed E-state index contributed by atoms with van der Waals surface area (Å²) in [4.78, 5) is 2.31. The molecule has 3 heterocycles. The fourth-order valence-corrected chi connectivity index (χ4v) is 5.42. The molecule has 4 heteroatoms. The minimum Gasteiger partial charge on any atom is -0.454 e. The molecule has 0 aliphatic carbocycles. The molecule has 0 radical (unpaired) electrons. The van der Waals surface area contributed by atoms with Crippen molar-refractivity contribution in [3.63, 3.8) is 0 Å². The Kier molecular flexibility index (Phi) is 4.67. The average molecular weight is 445 g/mol. The van der Waals surface area contributed by atoms with Crippen LogP contribution in [0.1, 0.15) is 23.1 Å². The van der Waals surface area contributed by atoms with Crippen molar-refractivity contribution in [2.75, 3.05) is 18.5 Å². The summed E-state index contributed by atoms with van der Waals surface area (Å²) in [6.45, 7) is 3.20. The smallest absolute Gasteiger partial charge is 0.216 e. The first-order valence-corrected chi connectivity index (χ1v) is 11.7. The third-order valence-corrected chi connectivity index (χ3v) is 7.17. The third kappa shape index (κ3) is 3.01. The van der Waals surface area contributed by atoms with Gasteiger partial charge in [0, 0.05) is 47.7 Å². The van der Waals surface area contributed by atoms with E-state index in [-0.39, 0.29) is 0 Å². The Bertz CT molecular complexity index is 1640. The summed E-state index contributed by atoms with van der Waals surface area (Å²) >= 11 is 0. The Morgan fingerprint density at radius 1 is 0.971 bits per heavy atom. The summed E-state index contributed by atoms with van der Waals surface area (Å²) < 4.78 is 8.81. The highest BCUT2D eigenvalue weighted by Gasteiger charge is 2.23. The minimum atomic E-state index is 0.638. The largest absolute Gasteiger partial charge is 0.454 e. The van der Waals surface area contributed by atoms with Crippen molar-refractivity contribution in [1.29, 1.82) is 5.26 Å². The summed E-state index contributed by atoms with van der Waals surface area (Å²) in [5.41, 5.74) is 10.2. The van der Waals surface area contributed by atoms with E-state index in [0.717, 1.165) is 69.3 Å². The van der Waals surface area contributed by atoms with Crippen LogP contribution in [0.3, 0.4) is 0 Å². The molecule has 0 saturated heterocycles. The Hall–Kier alpha value is -4.10. The van der Waals surface area contributed by atoms with Crippen molar-refractivity contribution >= 4 is 27.6 Å². The summed E-state index contributed by atoms with van der Waals surface area (Å²) in [6, 6.07) is 23.4.